The van der Waals surface area contributed by atoms with Crippen LogP contribution < -0.4 is 15.9 Å². The van der Waals surface area contributed by atoms with Gasteiger partial charge in [0.05, 0.1) is 7.11 Å². The predicted octanol–water partition coefficient (Wildman–Crippen LogP) is 3.75. The number of ether oxygens (including phenoxy) is 1. The van der Waals surface area contributed by atoms with Gasteiger partial charge in [0.15, 0.2) is 5.78 Å². The highest BCUT2D eigenvalue weighted by atomic mass is 31.2. The van der Waals surface area contributed by atoms with E-state index in [9.17, 15) is 14.7 Å². The molecule has 0 aliphatic rings. The fourth-order valence-corrected chi connectivity index (χ4v) is 7.31. The van der Waals surface area contributed by atoms with Gasteiger partial charge in [-0.1, -0.05) is 97.9 Å². The van der Waals surface area contributed by atoms with Gasteiger partial charge in [0.1, 0.15) is 11.3 Å². The Morgan fingerprint density at radius 3 is 1.52 bits per heavy atom. The molecule has 0 fully saturated rings. The summed E-state index contributed by atoms with van der Waals surface area (Å²) < 4.78 is 4.80. The molecule has 3 aromatic rings. The molecule has 1 N–H and O–H groups in total. The van der Waals surface area contributed by atoms with Crippen molar-refractivity contribution in [1.82, 2.24) is 0 Å². The summed E-state index contributed by atoms with van der Waals surface area (Å²) in [6.07, 6.45) is 0.0792. The van der Waals surface area contributed by atoms with Crippen molar-refractivity contribution in [2.75, 3.05) is 7.11 Å². The highest BCUT2D eigenvalue weighted by molar-refractivity contribution is 7.94. The van der Waals surface area contributed by atoms with E-state index in [1.807, 2.05) is 91.0 Å². The number of allylic oxidation sites excluding steroid dienone is 1. The molecule has 3 rings (SSSR count). The topological polar surface area (TPSA) is 63.6 Å². The van der Waals surface area contributed by atoms with Gasteiger partial charge >= 0.3 is 5.97 Å². The quantitative estimate of drug-likeness (QED) is 0.154. The second kappa shape index (κ2) is 10.1. The number of aliphatic hydroxyl groups is 1. The lowest BCUT2D eigenvalue weighted by Crippen LogP contribution is -2.28. The van der Waals surface area contributed by atoms with Crippen LogP contribution in [0, 0.1) is 0 Å². The largest absolute Gasteiger partial charge is 0.507 e. The Labute approximate surface area is 182 Å². The molecule has 0 spiro atoms. The summed E-state index contributed by atoms with van der Waals surface area (Å²) >= 11 is 0. The molecule has 0 aromatic heterocycles. The predicted molar refractivity (Wildman–Crippen MR) is 128 cm³/mol. The van der Waals surface area contributed by atoms with Gasteiger partial charge in [-0.2, -0.15) is 0 Å². The molecule has 5 heteroatoms. The minimum atomic E-state index is -2.56. The number of methoxy groups -OCH3 is 1. The number of aliphatic hydroxyl groups excluding tert-OH is 1. The van der Waals surface area contributed by atoms with Crippen LogP contribution in [0.1, 0.15) is 13.3 Å². The summed E-state index contributed by atoms with van der Waals surface area (Å²) in [4.78, 5) is 24.9. The summed E-state index contributed by atoms with van der Waals surface area (Å²) in [6, 6.07) is 29.6. The summed E-state index contributed by atoms with van der Waals surface area (Å²) in [5.74, 6) is 0.0247. The fraction of sp³-hybridized carbons (Fsp3) is 0.115. The van der Waals surface area contributed by atoms with Crippen LogP contribution in [-0.2, 0) is 14.3 Å². The van der Waals surface area contributed by atoms with Crippen molar-refractivity contribution >= 4 is 40.3 Å². The van der Waals surface area contributed by atoms with Gasteiger partial charge in [0.25, 0.3) is 0 Å². The zero-order chi connectivity index (χ0) is 22.3. The van der Waals surface area contributed by atoms with Crippen LogP contribution in [-0.4, -0.2) is 29.8 Å². The average Bonchev–Trinajstić information content (AvgIpc) is 2.84. The SMILES string of the molecule is CCC(=O)/C(C(=O)OC)=C(\O)C=P(c1ccccc1)(c1ccccc1)c1ccccc1. The van der Waals surface area contributed by atoms with E-state index in [-0.39, 0.29) is 17.8 Å². The van der Waals surface area contributed by atoms with Gasteiger partial charge in [-0.05, 0) is 28.6 Å². The Morgan fingerprint density at radius 2 is 1.19 bits per heavy atom. The number of hydrogen-bond acceptors (Lipinski definition) is 4. The van der Waals surface area contributed by atoms with Crippen LogP contribution >= 0.6 is 6.89 Å². The minimum Gasteiger partial charge on any atom is -0.507 e. The maximum atomic E-state index is 12.5. The second-order valence-electron chi connectivity index (χ2n) is 6.89. The third-order valence-electron chi connectivity index (χ3n) is 5.05. The second-order valence-corrected chi connectivity index (χ2v) is 10.1. The van der Waals surface area contributed by atoms with Crippen molar-refractivity contribution in [3.05, 3.63) is 102 Å². The van der Waals surface area contributed by atoms with Gasteiger partial charge in [0.2, 0.25) is 0 Å². The van der Waals surface area contributed by atoms with Crippen LogP contribution in [0.5, 0.6) is 0 Å². The van der Waals surface area contributed by atoms with Crippen molar-refractivity contribution in [2.24, 2.45) is 0 Å². The number of carbonyl (C=O) groups excluding carboxylic acids is 2. The van der Waals surface area contributed by atoms with Crippen LogP contribution in [0.25, 0.3) is 0 Å². The Balaban J connectivity index is 2.50. The molecule has 0 atom stereocenters. The first-order chi connectivity index (χ1) is 15.0. The van der Waals surface area contributed by atoms with Crippen LogP contribution in [0.2, 0.25) is 0 Å². The van der Waals surface area contributed by atoms with E-state index in [2.05, 4.69) is 0 Å². The molecule has 0 heterocycles. The first kappa shape index (κ1) is 22.3. The molecule has 0 bridgehead atoms. The third kappa shape index (κ3) is 4.55. The van der Waals surface area contributed by atoms with Gasteiger partial charge in [-0.15, -0.1) is 0 Å². The molecular weight excluding hydrogens is 407 g/mol. The van der Waals surface area contributed by atoms with E-state index in [0.29, 0.717) is 0 Å². The lowest BCUT2D eigenvalue weighted by Gasteiger charge is -2.28. The average molecular weight is 432 g/mol. The molecular formula is C26H25O4P. The van der Waals surface area contributed by atoms with Gasteiger partial charge in [-0.3, -0.25) is 4.79 Å². The molecule has 0 aliphatic carbocycles. The monoisotopic (exact) mass is 432 g/mol. The van der Waals surface area contributed by atoms with E-state index in [1.165, 1.54) is 7.11 Å². The van der Waals surface area contributed by atoms with Crippen molar-refractivity contribution in [1.29, 1.82) is 0 Å². The van der Waals surface area contributed by atoms with Gasteiger partial charge in [-0.25, -0.2) is 4.79 Å². The number of esters is 1. The maximum absolute atomic E-state index is 12.5. The molecule has 0 unspecified atom stereocenters. The van der Waals surface area contributed by atoms with Crippen molar-refractivity contribution in [3.63, 3.8) is 0 Å². The summed E-state index contributed by atoms with van der Waals surface area (Å²) in [6.45, 7) is -0.911. The fourth-order valence-electron chi connectivity index (χ4n) is 3.55. The third-order valence-corrected chi connectivity index (χ3v) is 9.02. The van der Waals surface area contributed by atoms with E-state index in [1.54, 1.807) is 12.7 Å². The Hall–Kier alpha value is -3.36. The van der Waals surface area contributed by atoms with E-state index >= 15 is 0 Å². The van der Waals surface area contributed by atoms with Crippen molar-refractivity contribution in [2.45, 2.75) is 13.3 Å². The maximum Gasteiger partial charge on any atom is 0.345 e. The van der Waals surface area contributed by atoms with Crippen molar-refractivity contribution in [3.8, 4) is 0 Å². The van der Waals surface area contributed by atoms with E-state index < -0.39 is 18.6 Å². The van der Waals surface area contributed by atoms with E-state index in [0.717, 1.165) is 15.9 Å². The molecule has 3 aromatic carbocycles. The number of rotatable bonds is 7. The zero-order valence-electron chi connectivity index (χ0n) is 17.6. The normalized spacial score (nSPS) is 11.9. The summed E-state index contributed by atoms with van der Waals surface area (Å²) in [7, 11) is 1.20. The molecule has 0 saturated heterocycles. The van der Waals surface area contributed by atoms with Gasteiger partial charge in [0, 0.05) is 6.42 Å². The standard InChI is InChI=1S/C26H25O4P/c1-3-23(27)25(26(29)30-2)24(28)19-31(20-13-7-4-8-14-20,21-15-9-5-10-16-21)22-17-11-6-12-18-22/h4-19,28H,3H2,1-2H3/b25-24+. The minimum absolute atomic E-state index is 0.0792. The molecule has 0 saturated carbocycles. The van der Waals surface area contributed by atoms with E-state index in [4.69, 9.17) is 4.74 Å². The van der Waals surface area contributed by atoms with Crippen LogP contribution in [0.15, 0.2) is 102 Å². The molecule has 31 heavy (non-hydrogen) atoms. The number of hydrogen-bond donors (Lipinski definition) is 1. The Bertz CT molecular complexity index is 1010. The summed E-state index contributed by atoms with van der Waals surface area (Å²) in [5.41, 5.74) is -0.322. The lowest BCUT2D eigenvalue weighted by molar-refractivity contribution is -0.138. The lowest BCUT2D eigenvalue weighted by atomic mass is 10.1. The first-order valence-corrected chi connectivity index (χ1v) is 11.9. The number of ketones is 1. The van der Waals surface area contributed by atoms with Crippen molar-refractivity contribution < 1.29 is 19.4 Å². The van der Waals surface area contributed by atoms with Gasteiger partial charge < -0.3 is 9.84 Å². The highest BCUT2D eigenvalue weighted by Crippen LogP contribution is 2.44. The van der Waals surface area contributed by atoms with Crippen LogP contribution in [0.3, 0.4) is 0 Å². The molecule has 0 radical (unpaired) electrons. The molecule has 158 valence electrons. The first-order valence-electron chi connectivity index (χ1n) is 10.0. The summed E-state index contributed by atoms with van der Waals surface area (Å²) in [5, 5.41) is 14.1. The Kier molecular flexibility index (Phi) is 7.28. The molecule has 0 aliphatic heterocycles. The Morgan fingerprint density at radius 1 is 0.806 bits per heavy atom. The number of carbonyl (C=O) groups is 2. The van der Waals surface area contributed by atoms with Crippen LogP contribution in [0.4, 0.5) is 0 Å². The molecule has 0 amide bonds. The highest BCUT2D eigenvalue weighted by Gasteiger charge is 2.28. The number of Topliss-reactive ketones (excluding diaryl/α,β-unsaturated/α-hetero) is 1. The molecule has 4 nitrogen and oxygen atoms in total. The number of benzene rings is 3. The smallest absolute Gasteiger partial charge is 0.345 e. The zero-order valence-corrected chi connectivity index (χ0v) is 18.5.